The molecule has 1 amide bonds. The molecule has 1 aliphatic heterocycles. The number of thiophene rings is 1. The van der Waals surface area contributed by atoms with Gasteiger partial charge in [-0.25, -0.2) is 4.98 Å². The van der Waals surface area contributed by atoms with Crippen molar-refractivity contribution < 1.29 is 9.53 Å². The Hall–Kier alpha value is -2.15. The molecule has 0 saturated carbocycles. The second kappa shape index (κ2) is 7.00. The molecule has 25 heavy (non-hydrogen) atoms. The van der Waals surface area contributed by atoms with Gasteiger partial charge in [0.25, 0.3) is 5.91 Å². The molecule has 3 aromatic rings. The fourth-order valence-corrected chi connectivity index (χ4v) is 4.21. The Kier molecular flexibility index (Phi) is 4.57. The number of hydrogen-bond acceptors (Lipinski definition) is 5. The lowest BCUT2D eigenvalue weighted by molar-refractivity contribution is 0.103. The molecule has 0 bridgehead atoms. The minimum atomic E-state index is -0.238. The number of carbonyl (C=O) groups is 1. The smallest absolute Gasteiger partial charge is 0.268 e. The lowest BCUT2D eigenvalue weighted by Gasteiger charge is -2.28. The first-order valence-electron chi connectivity index (χ1n) is 7.99. The van der Waals surface area contributed by atoms with Crippen LogP contribution in [0.15, 0.2) is 42.6 Å². The third kappa shape index (κ3) is 3.33. The van der Waals surface area contributed by atoms with Crippen molar-refractivity contribution in [2.24, 2.45) is 0 Å². The Morgan fingerprint density at radius 1 is 1.20 bits per heavy atom. The highest BCUT2D eigenvalue weighted by Gasteiger charge is 2.18. The molecule has 0 aliphatic carbocycles. The number of ether oxygens (including phenoxy) is 1. The number of pyridine rings is 1. The second-order valence-electron chi connectivity index (χ2n) is 5.70. The van der Waals surface area contributed by atoms with E-state index in [4.69, 9.17) is 16.3 Å². The molecule has 7 heteroatoms. The number of halogens is 1. The van der Waals surface area contributed by atoms with E-state index in [0.717, 1.165) is 42.1 Å². The van der Waals surface area contributed by atoms with E-state index in [1.54, 1.807) is 6.20 Å². The number of nitrogens with zero attached hydrogens (tertiary/aromatic N) is 2. The zero-order valence-corrected chi connectivity index (χ0v) is 14.9. The van der Waals surface area contributed by atoms with Crippen LogP contribution in [0.2, 0.25) is 5.02 Å². The number of carbonyl (C=O) groups excluding carboxylic acids is 1. The lowest BCUT2D eigenvalue weighted by Crippen LogP contribution is -2.36. The zero-order valence-electron chi connectivity index (χ0n) is 13.4. The van der Waals surface area contributed by atoms with Crippen molar-refractivity contribution in [3.8, 4) is 0 Å². The molecule has 2 aromatic heterocycles. The van der Waals surface area contributed by atoms with E-state index < -0.39 is 0 Å². The molecular formula is C18H16ClN3O2S. The molecular weight excluding hydrogens is 358 g/mol. The van der Waals surface area contributed by atoms with E-state index >= 15 is 0 Å². The number of benzene rings is 1. The maximum atomic E-state index is 12.5. The molecule has 0 atom stereocenters. The van der Waals surface area contributed by atoms with Crippen molar-refractivity contribution in [2.75, 3.05) is 36.5 Å². The molecule has 1 aromatic carbocycles. The summed E-state index contributed by atoms with van der Waals surface area (Å²) in [5, 5.41) is 4.21. The minimum Gasteiger partial charge on any atom is -0.378 e. The predicted octanol–water partition coefficient (Wildman–Crippen LogP) is 4.04. The van der Waals surface area contributed by atoms with Gasteiger partial charge >= 0.3 is 0 Å². The van der Waals surface area contributed by atoms with E-state index in [9.17, 15) is 4.79 Å². The van der Waals surface area contributed by atoms with Crippen molar-refractivity contribution in [3.05, 3.63) is 52.5 Å². The summed E-state index contributed by atoms with van der Waals surface area (Å²) in [5.41, 5.74) is 1.03. The van der Waals surface area contributed by atoms with Crippen LogP contribution in [0.25, 0.3) is 10.1 Å². The molecule has 1 fully saturated rings. The number of nitrogens with one attached hydrogen (secondary N) is 1. The molecule has 0 unspecified atom stereocenters. The van der Waals surface area contributed by atoms with Gasteiger partial charge in [-0.2, -0.15) is 0 Å². The van der Waals surface area contributed by atoms with Crippen LogP contribution >= 0.6 is 22.9 Å². The van der Waals surface area contributed by atoms with Gasteiger partial charge in [-0.1, -0.05) is 29.8 Å². The monoisotopic (exact) mass is 373 g/mol. The van der Waals surface area contributed by atoms with Crippen molar-refractivity contribution >= 4 is 50.4 Å². The number of amides is 1. The Labute approximate surface area is 154 Å². The Morgan fingerprint density at radius 2 is 2.00 bits per heavy atom. The van der Waals surface area contributed by atoms with Gasteiger partial charge in [-0.3, -0.25) is 4.79 Å². The Bertz CT molecular complexity index is 904. The second-order valence-corrected chi connectivity index (χ2v) is 7.13. The third-order valence-electron chi connectivity index (χ3n) is 4.11. The van der Waals surface area contributed by atoms with E-state index in [2.05, 4.69) is 15.2 Å². The van der Waals surface area contributed by atoms with Crippen LogP contribution in [0.1, 0.15) is 9.67 Å². The van der Waals surface area contributed by atoms with E-state index in [1.165, 1.54) is 11.3 Å². The first-order chi connectivity index (χ1) is 12.2. The van der Waals surface area contributed by atoms with Gasteiger partial charge in [0.05, 0.1) is 30.1 Å². The van der Waals surface area contributed by atoms with Gasteiger partial charge in [0.2, 0.25) is 0 Å². The van der Waals surface area contributed by atoms with Crippen LogP contribution in [-0.4, -0.2) is 37.2 Å². The SMILES string of the molecule is O=C(Nc1ccc(N2CCOCC2)cn1)c1sc2ccccc2c1Cl. The zero-order chi connectivity index (χ0) is 17.2. The number of morpholine rings is 1. The minimum absolute atomic E-state index is 0.238. The summed E-state index contributed by atoms with van der Waals surface area (Å²) in [6.07, 6.45) is 1.77. The van der Waals surface area contributed by atoms with Crippen LogP contribution in [0, 0.1) is 0 Å². The molecule has 128 valence electrons. The lowest BCUT2D eigenvalue weighted by atomic mass is 10.2. The van der Waals surface area contributed by atoms with E-state index in [0.29, 0.717) is 15.7 Å². The van der Waals surface area contributed by atoms with Crippen LogP contribution in [0.4, 0.5) is 11.5 Å². The summed E-state index contributed by atoms with van der Waals surface area (Å²) in [4.78, 5) is 19.6. The Morgan fingerprint density at radius 3 is 2.72 bits per heavy atom. The van der Waals surface area contributed by atoms with Gasteiger partial charge in [0.15, 0.2) is 0 Å². The molecule has 5 nitrogen and oxygen atoms in total. The van der Waals surface area contributed by atoms with Gasteiger partial charge in [0.1, 0.15) is 10.7 Å². The fraction of sp³-hybridized carbons (Fsp3) is 0.222. The number of fused-ring (bicyclic) bond motifs is 1. The number of hydrogen-bond donors (Lipinski definition) is 1. The average Bonchev–Trinajstić information content (AvgIpc) is 3.00. The quantitative estimate of drug-likeness (QED) is 0.752. The molecule has 1 aliphatic rings. The first-order valence-corrected chi connectivity index (χ1v) is 9.19. The summed E-state index contributed by atoms with van der Waals surface area (Å²) in [7, 11) is 0. The van der Waals surface area contributed by atoms with Gasteiger partial charge in [-0.15, -0.1) is 11.3 Å². The number of rotatable bonds is 3. The molecule has 3 heterocycles. The fourth-order valence-electron chi connectivity index (χ4n) is 2.80. The highest BCUT2D eigenvalue weighted by atomic mass is 35.5. The number of aromatic nitrogens is 1. The van der Waals surface area contributed by atoms with Crippen molar-refractivity contribution in [2.45, 2.75) is 0 Å². The summed E-state index contributed by atoms with van der Waals surface area (Å²) in [6.45, 7) is 3.15. The summed E-state index contributed by atoms with van der Waals surface area (Å²) < 4.78 is 6.35. The Balaban J connectivity index is 1.51. The first kappa shape index (κ1) is 16.3. The molecule has 1 saturated heterocycles. The van der Waals surface area contributed by atoms with E-state index in [-0.39, 0.29) is 5.91 Å². The standard InChI is InChI=1S/C18H16ClN3O2S/c19-16-13-3-1-2-4-14(13)25-17(16)18(23)21-15-6-5-12(11-20-15)22-7-9-24-10-8-22/h1-6,11H,7-10H2,(H,20,21,23). The largest absolute Gasteiger partial charge is 0.378 e. The predicted molar refractivity (Wildman–Crippen MR) is 102 cm³/mol. The topological polar surface area (TPSA) is 54.5 Å². The highest BCUT2D eigenvalue weighted by molar-refractivity contribution is 7.21. The average molecular weight is 374 g/mol. The summed E-state index contributed by atoms with van der Waals surface area (Å²) in [5.74, 6) is 0.272. The molecule has 1 N–H and O–H groups in total. The van der Waals surface area contributed by atoms with Gasteiger partial charge < -0.3 is 15.0 Å². The summed E-state index contributed by atoms with van der Waals surface area (Å²) in [6, 6.07) is 11.5. The maximum absolute atomic E-state index is 12.5. The third-order valence-corrected chi connectivity index (χ3v) is 5.78. The molecule has 4 rings (SSSR count). The van der Waals surface area contributed by atoms with Crippen molar-refractivity contribution in [1.29, 1.82) is 0 Å². The van der Waals surface area contributed by atoms with Crippen LogP contribution in [0.5, 0.6) is 0 Å². The maximum Gasteiger partial charge on any atom is 0.268 e. The van der Waals surface area contributed by atoms with Crippen LogP contribution < -0.4 is 10.2 Å². The van der Waals surface area contributed by atoms with E-state index in [1.807, 2.05) is 36.4 Å². The number of anilines is 2. The summed E-state index contributed by atoms with van der Waals surface area (Å²) >= 11 is 7.74. The van der Waals surface area contributed by atoms with Gasteiger partial charge in [-0.05, 0) is 18.2 Å². The van der Waals surface area contributed by atoms with Gasteiger partial charge in [0, 0.05) is 23.2 Å². The highest BCUT2D eigenvalue weighted by Crippen LogP contribution is 2.35. The van der Waals surface area contributed by atoms with Crippen molar-refractivity contribution in [1.82, 2.24) is 4.98 Å². The molecule has 0 radical (unpaired) electrons. The van der Waals surface area contributed by atoms with Crippen LogP contribution in [0.3, 0.4) is 0 Å². The van der Waals surface area contributed by atoms with Crippen molar-refractivity contribution in [3.63, 3.8) is 0 Å². The molecule has 0 spiro atoms. The van der Waals surface area contributed by atoms with Crippen LogP contribution in [-0.2, 0) is 4.74 Å². The normalized spacial score (nSPS) is 14.7.